The summed E-state index contributed by atoms with van der Waals surface area (Å²) in [5, 5.41) is 6.26. The number of para-hydroxylation sites is 1. The Kier molecular flexibility index (Phi) is 4.24. The van der Waals surface area contributed by atoms with Crippen LogP contribution in [0.25, 0.3) is 21.9 Å². The van der Waals surface area contributed by atoms with Gasteiger partial charge in [0.1, 0.15) is 16.9 Å². The molecule has 1 N–H and O–H groups in total. The standard InChI is InChI=1S/C21H18ClNO2/c1-2-24-19-6-4-3-5-14(19)13-23-16-8-10-21-18(12-16)17-11-15(22)7-9-20(17)25-21/h3-12,23H,2,13H2,1H3. The van der Waals surface area contributed by atoms with Gasteiger partial charge < -0.3 is 14.5 Å². The number of fused-ring (bicyclic) bond motifs is 3. The van der Waals surface area contributed by atoms with E-state index in [1.54, 1.807) is 0 Å². The largest absolute Gasteiger partial charge is 0.494 e. The first-order valence-electron chi connectivity index (χ1n) is 8.31. The lowest BCUT2D eigenvalue weighted by Gasteiger charge is -2.11. The number of anilines is 1. The first-order valence-corrected chi connectivity index (χ1v) is 8.69. The molecule has 1 aromatic heterocycles. The van der Waals surface area contributed by atoms with Crippen LogP contribution in [0.15, 0.2) is 65.1 Å². The number of furan rings is 1. The van der Waals surface area contributed by atoms with Crippen molar-refractivity contribution in [2.45, 2.75) is 13.5 Å². The van der Waals surface area contributed by atoms with Crippen LogP contribution < -0.4 is 10.1 Å². The molecule has 0 unspecified atom stereocenters. The second kappa shape index (κ2) is 6.69. The van der Waals surface area contributed by atoms with Gasteiger partial charge in [-0.05, 0) is 49.4 Å². The van der Waals surface area contributed by atoms with Gasteiger partial charge in [-0.2, -0.15) is 0 Å². The number of halogens is 1. The number of rotatable bonds is 5. The molecular weight excluding hydrogens is 334 g/mol. The molecule has 0 saturated heterocycles. The van der Waals surface area contributed by atoms with Crippen molar-refractivity contribution in [1.82, 2.24) is 0 Å². The molecule has 0 saturated carbocycles. The highest BCUT2D eigenvalue weighted by Crippen LogP contribution is 2.32. The van der Waals surface area contributed by atoms with E-state index in [1.807, 2.05) is 55.5 Å². The Hall–Kier alpha value is -2.65. The maximum atomic E-state index is 6.13. The van der Waals surface area contributed by atoms with Crippen molar-refractivity contribution in [3.8, 4) is 5.75 Å². The van der Waals surface area contributed by atoms with Gasteiger partial charge in [0.25, 0.3) is 0 Å². The van der Waals surface area contributed by atoms with Crippen LogP contribution in [0.3, 0.4) is 0 Å². The first-order chi connectivity index (χ1) is 12.2. The quantitative estimate of drug-likeness (QED) is 0.461. The zero-order valence-corrected chi connectivity index (χ0v) is 14.6. The van der Waals surface area contributed by atoms with Gasteiger partial charge >= 0.3 is 0 Å². The molecule has 3 aromatic carbocycles. The van der Waals surface area contributed by atoms with Crippen molar-refractivity contribution < 1.29 is 9.15 Å². The summed E-state index contributed by atoms with van der Waals surface area (Å²) in [4.78, 5) is 0. The van der Waals surface area contributed by atoms with Crippen LogP contribution in [0.5, 0.6) is 5.75 Å². The molecule has 0 aliphatic heterocycles. The molecule has 4 aromatic rings. The molecule has 3 nitrogen and oxygen atoms in total. The van der Waals surface area contributed by atoms with Crippen LogP contribution in [0.1, 0.15) is 12.5 Å². The molecule has 25 heavy (non-hydrogen) atoms. The van der Waals surface area contributed by atoms with E-state index >= 15 is 0 Å². The van der Waals surface area contributed by atoms with Crippen LogP contribution in [-0.2, 0) is 6.54 Å². The summed E-state index contributed by atoms with van der Waals surface area (Å²) in [6, 6.07) is 19.9. The maximum absolute atomic E-state index is 6.13. The van der Waals surface area contributed by atoms with Gasteiger partial charge in [0.2, 0.25) is 0 Å². The molecule has 126 valence electrons. The molecule has 0 amide bonds. The third-order valence-corrected chi connectivity index (χ3v) is 4.42. The molecule has 0 aliphatic rings. The second-order valence-corrected chi connectivity index (χ2v) is 6.28. The van der Waals surface area contributed by atoms with Crippen molar-refractivity contribution in [2.75, 3.05) is 11.9 Å². The molecular formula is C21H18ClNO2. The fraction of sp³-hybridized carbons (Fsp3) is 0.143. The van der Waals surface area contributed by atoms with Crippen molar-refractivity contribution in [2.24, 2.45) is 0 Å². The van der Waals surface area contributed by atoms with Crippen LogP contribution in [-0.4, -0.2) is 6.61 Å². The highest BCUT2D eigenvalue weighted by atomic mass is 35.5. The lowest BCUT2D eigenvalue weighted by molar-refractivity contribution is 0.337. The molecule has 0 fully saturated rings. The van der Waals surface area contributed by atoms with E-state index in [2.05, 4.69) is 17.4 Å². The fourth-order valence-electron chi connectivity index (χ4n) is 3.00. The zero-order chi connectivity index (χ0) is 17.2. The van der Waals surface area contributed by atoms with Gasteiger partial charge in [0.05, 0.1) is 6.61 Å². The first kappa shape index (κ1) is 15.9. The summed E-state index contributed by atoms with van der Waals surface area (Å²) >= 11 is 6.13. The van der Waals surface area contributed by atoms with Crippen molar-refractivity contribution in [1.29, 1.82) is 0 Å². The Morgan fingerprint density at radius 2 is 1.72 bits per heavy atom. The summed E-state index contributed by atoms with van der Waals surface area (Å²) < 4.78 is 11.6. The van der Waals surface area contributed by atoms with E-state index in [0.29, 0.717) is 18.2 Å². The second-order valence-electron chi connectivity index (χ2n) is 5.85. The van der Waals surface area contributed by atoms with E-state index in [9.17, 15) is 0 Å². The molecule has 1 heterocycles. The third kappa shape index (κ3) is 3.15. The Morgan fingerprint density at radius 3 is 2.56 bits per heavy atom. The minimum atomic E-state index is 0.657. The number of hydrogen-bond donors (Lipinski definition) is 1. The minimum absolute atomic E-state index is 0.657. The van der Waals surface area contributed by atoms with E-state index in [1.165, 1.54) is 0 Å². The van der Waals surface area contributed by atoms with Gasteiger partial charge in [0, 0.05) is 33.6 Å². The Labute approximate surface area is 151 Å². The fourth-order valence-corrected chi connectivity index (χ4v) is 3.18. The number of ether oxygens (including phenoxy) is 1. The summed E-state index contributed by atoms with van der Waals surface area (Å²) in [5.41, 5.74) is 3.86. The molecule has 0 spiro atoms. The molecule has 0 radical (unpaired) electrons. The SMILES string of the molecule is CCOc1ccccc1CNc1ccc2oc3ccc(Cl)cc3c2c1. The number of hydrogen-bond acceptors (Lipinski definition) is 3. The maximum Gasteiger partial charge on any atom is 0.135 e. The van der Waals surface area contributed by atoms with E-state index < -0.39 is 0 Å². The summed E-state index contributed by atoms with van der Waals surface area (Å²) in [6.45, 7) is 3.34. The average molecular weight is 352 g/mol. The zero-order valence-electron chi connectivity index (χ0n) is 13.9. The Balaban J connectivity index is 1.64. The van der Waals surface area contributed by atoms with Crippen molar-refractivity contribution in [3.63, 3.8) is 0 Å². The van der Waals surface area contributed by atoms with Gasteiger partial charge in [-0.3, -0.25) is 0 Å². The molecule has 0 atom stereocenters. The monoisotopic (exact) mass is 351 g/mol. The van der Waals surface area contributed by atoms with E-state index in [-0.39, 0.29) is 0 Å². The van der Waals surface area contributed by atoms with E-state index in [4.69, 9.17) is 20.8 Å². The topological polar surface area (TPSA) is 34.4 Å². The Bertz CT molecular complexity index is 1040. The number of nitrogens with one attached hydrogen (secondary N) is 1. The van der Waals surface area contributed by atoms with Crippen LogP contribution in [0.2, 0.25) is 5.02 Å². The average Bonchev–Trinajstić information content (AvgIpc) is 2.98. The number of benzene rings is 3. The van der Waals surface area contributed by atoms with Crippen LogP contribution >= 0.6 is 11.6 Å². The normalized spacial score (nSPS) is 11.1. The highest BCUT2D eigenvalue weighted by Gasteiger charge is 2.09. The predicted molar refractivity (Wildman–Crippen MR) is 104 cm³/mol. The molecule has 0 aliphatic carbocycles. The van der Waals surface area contributed by atoms with Crippen molar-refractivity contribution in [3.05, 3.63) is 71.2 Å². The minimum Gasteiger partial charge on any atom is -0.494 e. The summed E-state index contributed by atoms with van der Waals surface area (Å²) in [5.74, 6) is 0.916. The van der Waals surface area contributed by atoms with Crippen LogP contribution in [0, 0.1) is 0 Å². The lowest BCUT2D eigenvalue weighted by Crippen LogP contribution is -2.03. The summed E-state index contributed by atoms with van der Waals surface area (Å²) in [7, 11) is 0. The molecule has 4 rings (SSSR count). The van der Waals surface area contributed by atoms with E-state index in [0.717, 1.165) is 38.9 Å². The smallest absolute Gasteiger partial charge is 0.135 e. The van der Waals surface area contributed by atoms with Gasteiger partial charge in [-0.15, -0.1) is 0 Å². The lowest BCUT2D eigenvalue weighted by atomic mass is 10.1. The highest BCUT2D eigenvalue weighted by molar-refractivity contribution is 6.31. The third-order valence-electron chi connectivity index (χ3n) is 4.19. The van der Waals surface area contributed by atoms with Crippen LogP contribution in [0.4, 0.5) is 5.69 Å². The van der Waals surface area contributed by atoms with Gasteiger partial charge in [0.15, 0.2) is 0 Å². The summed E-state index contributed by atoms with van der Waals surface area (Å²) in [6.07, 6.45) is 0. The molecule has 0 bridgehead atoms. The molecule has 4 heteroatoms. The van der Waals surface area contributed by atoms with Crippen molar-refractivity contribution >= 4 is 39.2 Å². The van der Waals surface area contributed by atoms with Gasteiger partial charge in [-0.1, -0.05) is 29.8 Å². The van der Waals surface area contributed by atoms with Gasteiger partial charge in [-0.25, -0.2) is 0 Å². The Morgan fingerprint density at radius 1 is 0.960 bits per heavy atom. The predicted octanol–water partition coefficient (Wildman–Crippen LogP) is 6.25.